The van der Waals surface area contributed by atoms with Crippen molar-refractivity contribution >= 4 is 21.9 Å². The van der Waals surface area contributed by atoms with Crippen molar-refractivity contribution in [1.82, 2.24) is 9.97 Å². The molecule has 0 unspecified atom stereocenters. The van der Waals surface area contributed by atoms with Gasteiger partial charge in [0.25, 0.3) is 5.56 Å². The van der Waals surface area contributed by atoms with E-state index in [1.54, 1.807) is 0 Å². The molecule has 94 valence electrons. The number of aromatic amines is 1. The van der Waals surface area contributed by atoms with Crippen LogP contribution in [0.1, 0.15) is 0 Å². The third-order valence-corrected chi connectivity index (χ3v) is 2.90. The molecule has 0 fully saturated rings. The fourth-order valence-corrected chi connectivity index (χ4v) is 1.77. The van der Waals surface area contributed by atoms with Gasteiger partial charge >= 0.3 is 0 Å². The van der Waals surface area contributed by atoms with Gasteiger partial charge in [0, 0.05) is 0 Å². The van der Waals surface area contributed by atoms with E-state index in [1.807, 2.05) is 0 Å². The number of hydrogen-bond donors (Lipinski definition) is 2. The fourth-order valence-electron chi connectivity index (χ4n) is 1.39. The summed E-state index contributed by atoms with van der Waals surface area (Å²) >= 11 is 2.83. The third kappa shape index (κ3) is 1.99. The standard InChI is InChI=1S/C10H5BrF3N3O/c11-6-8(16-10(15)17-9(6)18)5-3(12)1-2-4(13)7(5)14/h1-2H,(H3,15,16,17,18). The molecule has 0 saturated carbocycles. The van der Waals surface area contributed by atoms with Gasteiger partial charge in [-0.15, -0.1) is 0 Å². The minimum atomic E-state index is -1.44. The van der Waals surface area contributed by atoms with Crippen molar-refractivity contribution in [1.29, 1.82) is 0 Å². The van der Waals surface area contributed by atoms with Crippen LogP contribution in [0, 0.1) is 17.5 Å². The zero-order chi connectivity index (χ0) is 13.4. The van der Waals surface area contributed by atoms with Crippen molar-refractivity contribution < 1.29 is 13.2 Å². The van der Waals surface area contributed by atoms with Gasteiger partial charge in [-0.2, -0.15) is 0 Å². The van der Waals surface area contributed by atoms with Gasteiger partial charge in [-0.25, -0.2) is 18.2 Å². The van der Waals surface area contributed by atoms with Crippen LogP contribution in [-0.4, -0.2) is 9.97 Å². The van der Waals surface area contributed by atoms with Crippen LogP contribution >= 0.6 is 15.9 Å². The molecule has 0 amide bonds. The highest BCUT2D eigenvalue weighted by molar-refractivity contribution is 9.10. The van der Waals surface area contributed by atoms with Gasteiger partial charge in [-0.3, -0.25) is 9.78 Å². The van der Waals surface area contributed by atoms with E-state index in [2.05, 4.69) is 25.9 Å². The van der Waals surface area contributed by atoms with Gasteiger partial charge in [-0.1, -0.05) is 0 Å². The number of nitrogens with zero attached hydrogens (tertiary/aromatic N) is 1. The first-order valence-electron chi connectivity index (χ1n) is 4.61. The summed E-state index contributed by atoms with van der Waals surface area (Å²) in [6, 6.07) is 1.37. The van der Waals surface area contributed by atoms with Gasteiger partial charge in [0.2, 0.25) is 5.95 Å². The Kier molecular flexibility index (Phi) is 3.12. The van der Waals surface area contributed by atoms with Crippen molar-refractivity contribution in [2.45, 2.75) is 0 Å². The highest BCUT2D eigenvalue weighted by Gasteiger charge is 2.21. The third-order valence-electron chi connectivity index (χ3n) is 2.16. The maximum Gasteiger partial charge on any atom is 0.267 e. The molecule has 1 heterocycles. The Hall–Kier alpha value is -1.83. The lowest BCUT2D eigenvalue weighted by molar-refractivity contribution is 0.498. The second-order valence-corrected chi connectivity index (χ2v) is 4.12. The second-order valence-electron chi connectivity index (χ2n) is 3.33. The number of hydrogen-bond acceptors (Lipinski definition) is 3. The molecule has 0 saturated heterocycles. The van der Waals surface area contributed by atoms with E-state index in [-0.39, 0.29) is 10.4 Å². The van der Waals surface area contributed by atoms with E-state index < -0.39 is 34.3 Å². The molecule has 2 rings (SSSR count). The van der Waals surface area contributed by atoms with E-state index in [0.29, 0.717) is 6.07 Å². The first kappa shape index (κ1) is 12.6. The number of rotatable bonds is 1. The molecule has 3 N–H and O–H groups in total. The van der Waals surface area contributed by atoms with Crippen molar-refractivity contribution in [2.24, 2.45) is 0 Å². The van der Waals surface area contributed by atoms with Gasteiger partial charge in [0.05, 0.1) is 11.3 Å². The molecule has 1 aromatic heterocycles. The highest BCUT2D eigenvalue weighted by Crippen LogP contribution is 2.30. The predicted octanol–water partition coefficient (Wildman–Crippen LogP) is 2.20. The monoisotopic (exact) mass is 319 g/mol. The van der Waals surface area contributed by atoms with Crippen molar-refractivity contribution in [3.8, 4) is 11.3 Å². The molecule has 0 spiro atoms. The zero-order valence-electron chi connectivity index (χ0n) is 8.60. The van der Waals surface area contributed by atoms with Crippen LogP contribution in [0.25, 0.3) is 11.3 Å². The van der Waals surface area contributed by atoms with Gasteiger partial charge in [0.15, 0.2) is 11.6 Å². The minimum Gasteiger partial charge on any atom is -0.369 e. The van der Waals surface area contributed by atoms with Gasteiger partial charge < -0.3 is 5.73 Å². The van der Waals surface area contributed by atoms with Crippen molar-refractivity contribution in [3.05, 3.63) is 44.4 Å². The highest BCUT2D eigenvalue weighted by atomic mass is 79.9. The van der Waals surface area contributed by atoms with E-state index >= 15 is 0 Å². The van der Waals surface area contributed by atoms with Gasteiger partial charge in [-0.05, 0) is 28.1 Å². The second kappa shape index (κ2) is 4.45. The Morgan fingerprint density at radius 2 is 1.83 bits per heavy atom. The Bertz CT molecular complexity index is 687. The van der Waals surface area contributed by atoms with Crippen LogP contribution < -0.4 is 11.3 Å². The number of aromatic nitrogens is 2. The molecule has 0 aliphatic rings. The van der Waals surface area contributed by atoms with Gasteiger partial charge in [0.1, 0.15) is 10.3 Å². The molecule has 0 aliphatic heterocycles. The number of nitrogens with one attached hydrogen (secondary N) is 1. The van der Waals surface area contributed by atoms with Crippen LogP contribution in [0.3, 0.4) is 0 Å². The number of benzene rings is 1. The van der Waals surface area contributed by atoms with E-state index in [9.17, 15) is 18.0 Å². The van der Waals surface area contributed by atoms with Crippen molar-refractivity contribution in [3.63, 3.8) is 0 Å². The number of nitrogens with two attached hydrogens (primary N) is 1. The Labute approximate surface area is 107 Å². The largest absolute Gasteiger partial charge is 0.369 e. The zero-order valence-corrected chi connectivity index (χ0v) is 10.2. The summed E-state index contributed by atoms with van der Waals surface area (Å²) in [5, 5.41) is 0. The average Bonchev–Trinajstić information content (AvgIpc) is 2.30. The molecule has 0 radical (unpaired) electrons. The SMILES string of the molecule is Nc1nc(-c2c(F)ccc(F)c2F)c(Br)c(=O)[nH]1. The topological polar surface area (TPSA) is 71.8 Å². The molecule has 0 atom stereocenters. The Morgan fingerprint density at radius 3 is 2.50 bits per heavy atom. The van der Waals surface area contributed by atoms with E-state index in [4.69, 9.17) is 5.73 Å². The molecular formula is C10H5BrF3N3O. The Morgan fingerprint density at radius 1 is 1.22 bits per heavy atom. The summed E-state index contributed by atoms with van der Waals surface area (Å²) in [7, 11) is 0. The lowest BCUT2D eigenvalue weighted by atomic mass is 10.1. The van der Waals surface area contributed by atoms with Crippen LogP contribution in [0.5, 0.6) is 0 Å². The Balaban J connectivity index is 2.85. The number of halogens is 4. The first-order chi connectivity index (χ1) is 8.41. The molecule has 4 nitrogen and oxygen atoms in total. The maximum absolute atomic E-state index is 13.6. The average molecular weight is 320 g/mol. The smallest absolute Gasteiger partial charge is 0.267 e. The summed E-state index contributed by atoms with van der Waals surface area (Å²) in [6.07, 6.45) is 0. The predicted molar refractivity (Wildman–Crippen MR) is 62.3 cm³/mol. The van der Waals surface area contributed by atoms with Crippen LogP contribution in [0.2, 0.25) is 0 Å². The van der Waals surface area contributed by atoms with E-state index in [0.717, 1.165) is 6.07 Å². The summed E-state index contributed by atoms with van der Waals surface area (Å²) in [5.41, 5.74) is 3.41. The first-order valence-corrected chi connectivity index (χ1v) is 5.40. The summed E-state index contributed by atoms with van der Waals surface area (Å²) in [5.74, 6) is -4.07. The number of H-pyrrole nitrogens is 1. The fraction of sp³-hybridized carbons (Fsp3) is 0. The number of nitrogen functional groups attached to an aromatic ring is 1. The lowest BCUT2D eigenvalue weighted by Crippen LogP contribution is -2.14. The quantitative estimate of drug-likeness (QED) is 0.791. The molecule has 0 bridgehead atoms. The molecule has 0 aliphatic carbocycles. The summed E-state index contributed by atoms with van der Waals surface area (Å²) in [4.78, 5) is 17.1. The maximum atomic E-state index is 13.6. The summed E-state index contributed by atoms with van der Waals surface area (Å²) in [6.45, 7) is 0. The van der Waals surface area contributed by atoms with Crippen molar-refractivity contribution in [2.75, 3.05) is 5.73 Å². The molecule has 8 heteroatoms. The molecule has 18 heavy (non-hydrogen) atoms. The minimum absolute atomic E-state index is 0.236. The van der Waals surface area contributed by atoms with Crippen LogP contribution in [-0.2, 0) is 0 Å². The normalized spacial score (nSPS) is 10.7. The molecule has 2 aromatic rings. The molecule has 1 aromatic carbocycles. The van der Waals surface area contributed by atoms with Crippen LogP contribution in [0.15, 0.2) is 21.4 Å². The van der Waals surface area contributed by atoms with Crippen LogP contribution in [0.4, 0.5) is 19.1 Å². The summed E-state index contributed by atoms with van der Waals surface area (Å²) < 4.78 is 39.9. The van der Waals surface area contributed by atoms with E-state index in [1.165, 1.54) is 0 Å². The lowest BCUT2D eigenvalue weighted by Gasteiger charge is -2.07. The molecular weight excluding hydrogens is 315 g/mol. The number of anilines is 1.